The summed E-state index contributed by atoms with van der Waals surface area (Å²) in [7, 11) is 0. The summed E-state index contributed by atoms with van der Waals surface area (Å²) in [5.74, 6) is 0.203. The highest BCUT2D eigenvalue weighted by molar-refractivity contribution is 7.99. The molecule has 0 unspecified atom stereocenters. The first-order valence-corrected chi connectivity index (χ1v) is 11.5. The molecule has 0 amide bonds. The Morgan fingerprint density at radius 3 is 2.22 bits per heavy atom. The lowest BCUT2D eigenvalue weighted by molar-refractivity contribution is -0.384. The summed E-state index contributed by atoms with van der Waals surface area (Å²) in [6.07, 6.45) is -2.09. The molecule has 0 aliphatic carbocycles. The van der Waals surface area contributed by atoms with Gasteiger partial charge in [-0.3, -0.25) is 15.5 Å². The molecule has 36 heavy (non-hydrogen) atoms. The minimum absolute atomic E-state index is 0.0541. The van der Waals surface area contributed by atoms with E-state index in [0.29, 0.717) is 0 Å². The van der Waals surface area contributed by atoms with Crippen molar-refractivity contribution in [1.29, 1.82) is 0 Å². The largest absolute Gasteiger partial charge is 0.417 e. The van der Waals surface area contributed by atoms with Crippen LogP contribution < -0.4 is 5.43 Å². The van der Waals surface area contributed by atoms with Crippen molar-refractivity contribution in [1.82, 2.24) is 9.55 Å². The second kappa shape index (κ2) is 10.2. The van der Waals surface area contributed by atoms with Crippen LogP contribution in [0, 0.1) is 24.0 Å². The average Bonchev–Trinajstić information content (AvgIpc) is 3.12. The first kappa shape index (κ1) is 25.0. The lowest BCUT2D eigenvalue weighted by Gasteiger charge is -2.10. The summed E-state index contributed by atoms with van der Waals surface area (Å²) in [5.41, 5.74) is 5.60. The van der Waals surface area contributed by atoms with E-state index in [9.17, 15) is 23.3 Å². The van der Waals surface area contributed by atoms with Crippen LogP contribution in [-0.2, 0) is 6.18 Å². The normalized spacial score (nSPS) is 11.7. The molecule has 11 heteroatoms. The van der Waals surface area contributed by atoms with Crippen LogP contribution in [-0.4, -0.2) is 20.7 Å². The Morgan fingerprint density at radius 2 is 1.67 bits per heavy atom. The first-order valence-electron chi connectivity index (χ1n) is 10.7. The van der Waals surface area contributed by atoms with Crippen LogP contribution in [0.25, 0.3) is 5.69 Å². The smallest absolute Gasteiger partial charge is 0.318 e. The molecule has 0 aliphatic heterocycles. The Morgan fingerprint density at radius 1 is 1.03 bits per heavy atom. The van der Waals surface area contributed by atoms with Crippen molar-refractivity contribution in [2.45, 2.75) is 29.8 Å². The van der Waals surface area contributed by atoms with E-state index in [1.807, 2.05) is 44.2 Å². The molecule has 0 atom stereocenters. The molecule has 4 aromatic rings. The van der Waals surface area contributed by atoms with Crippen molar-refractivity contribution in [3.05, 3.63) is 106 Å². The van der Waals surface area contributed by atoms with Crippen LogP contribution in [0.15, 0.2) is 87.8 Å². The van der Waals surface area contributed by atoms with Crippen molar-refractivity contribution < 1.29 is 18.1 Å². The second-order valence-electron chi connectivity index (χ2n) is 7.81. The number of nitro groups is 1. The van der Waals surface area contributed by atoms with Crippen LogP contribution >= 0.6 is 11.8 Å². The number of nitrogens with zero attached hydrogens (tertiary/aromatic N) is 4. The standard InChI is InChI=1S/C25H20F3N5O2S/c1-16-13-18(14-30-31-24-12-3-19(15-29-24)25(26,27)28)17(2)32(16)20-4-8-22(9-5-20)36-23-10-6-21(7-11-23)33(34)35/h3-15H,1-2H3,(H,29,31)/b30-14-. The molecule has 0 radical (unpaired) electrons. The maximum Gasteiger partial charge on any atom is 0.417 e. The molecule has 1 N–H and O–H groups in total. The van der Waals surface area contributed by atoms with Gasteiger partial charge in [0.15, 0.2) is 0 Å². The predicted octanol–water partition coefficient (Wildman–Crippen LogP) is 7.01. The van der Waals surface area contributed by atoms with Gasteiger partial charge in [-0.2, -0.15) is 18.3 Å². The van der Waals surface area contributed by atoms with Gasteiger partial charge in [0.2, 0.25) is 0 Å². The number of hydrogen-bond donors (Lipinski definition) is 1. The lowest BCUT2D eigenvalue weighted by atomic mass is 10.2. The fourth-order valence-corrected chi connectivity index (χ4v) is 4.36. The SMILES string of the molecule is Cc1cc(/C=N\Nc2ccc(C(F)(F)F)cn2)c(C)n1-c1ccc(Sc2ccc([N+](=O)[O-])cc2)cc1. The molecule has 0 bridgehead atoms. The van der Waals surface area contributed by atoms with E-state index >= 15 is 0 Å². The summed E-state index contributed by atoms with van der Waals surface area (Å²) in [6, 6.07) is 18.5. The highest BCUT2D eigenvalue weighted by Gasteiger charge is 2.30. The number of aromatic nitrogens is 2. The van der Waals surface area contributed by atoms with Crippen molar-refractivity contribution in [3.8, 4) is 5.69 Å². The minimum atomic E-state index is -4.44. The predicted molar refractivity (Wildman–Crippen MR) is 133 cm³/mol. The Hall–Kier alpha value is -4.12. The third kappa shape index (κ3) is 5.74. The number of pyridine rings is 1. The number of benzene rings is 2. The van der Waals surface area contributed by atoms with Gasteiger partial charge in [0, 0.05) is 50.8 Å². The zero-order chi connectivity index (χ0) is 25.9. The van der Waals surface area contributed by atoms with Crippen LogP contribution in [0.1, 0.15) is 22.5 Å². The molecule has 0 saturated carbocycles. The Bertz CT molecular complexity index is 1400. The molecule has 0 aliphatic rings. The number of anilines is 1. The molecule has 2 aromatic carbocycles. The molecule has 0 spiro atoms. The van der Waals surface area contributed by atoms with Crippen LogP contribution in [0.3, 0.4) is 0 Å². The number of hydrazone groups is 1. The Labute approximate surface area is 208 Å². The second-order valence-corrected chi connectivity index (χ2v) is 8.96. The van der Waals surface area contributed by atoms with E-state index in [-0.39, 0.29) is 11.5 Å². The maximum absolute atomic E-state index is 12.7. The van der Waals surface area contributed by atoms with Crippen molar-refractivity contribution in [2.24, 2.45) is 5.10 Å². The van der Waals surface area contributed by atoms with Crippen molar-refractivity contribution in [3.63, 3.8) is 0 Å². The number of aryl methyl sites for hydroxylation is 1. The molecule has 184 valence electrons. The van der Waals surface area contributed by atoms with E-state index in [4.69, 9.17) is 0 Å². The topological polar surface area (TPSA) is 85.3 Å². The van der Waals surface area contributed by atoms with Crippen LogP contribution in [0.2, 0.25) is 0 Å². The van der Waals surface area contributed by atoms with Gasteiger partial charge < -0.3 is 4.57 Å². The zero-order valence-corrected chi connectivity index (χ0v) is 20.0. The molecule has 2 aromatic heterocycles. The summed E-state index contributed by atoms with van der Waals surface area (Å²) in [5, 5.41) is 14.9. The number of rotatable bonds is 7. The summed E-state index contributed by atoms with van der Waals surface area (Å²) in [4.78, 5) is 16.0. The number of halogens is 3. The van der Waals surface area contributed by atoms with Crippen LogP contribution in [0.5, 0.6) is 0 Å². The maximum atomic E-state index is 12.7. The Balaban J connectivity index is 1.44. The number of nitro benzene ring substituents is 1. The molecule has 0 saturated heterocycles. The molecule has 4 rings (SSSR count). The number of hydrogen-bond acceptors (Lipinski definition) is 6. The van der Waals surface area contributed by atoms with Crippen molar-refractivity contribution >= 4 is 29.5 Å². The fourth-order valence-electron chi connectivity index (χ4n) is 3.55. The highest BCUT2D eigenvalue weighted by atomic mass is 32.2. The minimum Gasteiger partial charge on any atom is -0.318 e. The monoisotopic (exact) mass is 511 g/mol. The highest BCUT2D eigenvalue weighted by Crippen LogP contribution is 2.31. The number of nitrogens with one attached hydrogen (secondary N) is 1. The third-order valence-corrected chi connectivity index (χ3v) is 6.34. The van der Waals surface area contributed by atoms with E-state index < -0.39 is 16.7 Å². The summed E-state index contributed by atoms with van der Waals surface area (Å²) < 4.78 is 40.1. The fraction of sp³-hybridized carbons (Fsp3) is 0.120. The molecule has 7 nitrogen and oxygen atoms in total. The van der Waals surface area contributed by atoms with Gasteiger partial charge in [0.05, 0.1) is 16.7 Å². The molecular formula is C25H20F3N5O2S. The third-order valence-electron chi connectivity index (χ3n) is 5.32. The lowest BCUT2D eigenvalue weighted by Crippen LogP contribution is -2.05. The van der Waals surface area contributed by atoms with Gasteiger partial charge >= 0.3 is 6.18 Å². The van der Waals surface area contributed by atoms with Crippen molar-refractivity contribution in [2.75, 3.05) is 5.43 Å². The molecular weight excluding hydrogens is 491 g/mol. The van der Waals surface area contributed by atoms with Crippen LogP contribution in [0.4, 0.5) is 24.7 Å². The Kier molecular flexibility index (Phi) is 7.11. The summed E-state index contributed by atoms with van der Waals surface area (Å²) >= 11 is 1.51. The van der Waals surface area contributed by atoms with Gasteiger partial charge in [0.1, 0.15) is 5.82 Å². The molecule has 0 fully saturated rings. The van der Waals surface area contributed by atoms with E-state index in [0.717, 1.165) is 44.7 Å². The van der Waals surface area contributed by atoms with Gasteiger partial charge in [-0.1, -0.05) is 11.8 Å². The van der Waals surface area contributed by atoms with E-state index in [1.165, 1.54) is 30.0 Å². The van der Waals surface area contributed by atoms with Gasteiger partial charge in [-0.25, -0.2) is 4.98 Å². The van der Waals surface area contributed by atoms with Gasteiger partial charge in [-0.05, 0) is 68.4 Å². The molecule has 2 heterocycles. The average molecular weight is 512 g/mol. The van der Waals surface area contributed by atoms with Gasteiger partial charge in [0.25, 0.3) is 5.69 Å². The zero-order valence-electron chi connectivity index (χ0n) is 19.2. The quantitative estimate of drug-likeness (QED) is 0.164. The van der Waals surface area contributed by atoms with E-state index in [2.05, 4.69) is 20.1 Å². The first-order chi connectivity index (χ1) is 17.1. The van der Waals surface area contributed by atoms with E-state index in [1.54, 1.807) is 18.3 Å². The van der Waals surface area contributed by atoms with Gasteiger partial charge in [-0.15, -0.1) is 0 Å². The number of alkyl halides is 3. The summed E-state index contributed by atoms with van der Waals surface area (Å²) in [6.45, 7) is 3.92. The number of non-ortho nitro benzene ring substituents is 1.